The van der Waals surface area contributed by atoms with E-state index >= 15 is 0 Å². The van der Waals surface area contributed by atoms with Crippen molar-refractivity contribution in [2.75, 3.05) is 5.32 Å². The van der Waals surface area contributed by atoms with Crippen LogP contribution in [0.2, 0.25) is 0 Å². The third-order valence-electron chi connectivity index (χ3n) is 2.95. The van der Waals surface area contributed by atoms with Crippen molar-refractivity contribution in [1.82, 2.24) is 24.7 Å². The molecular weight excluding hydrogens is 260 g/mol. The molecule has 0 aliphatic carbocycles. The zero-order valence-corrected chi connectivity index (χ0v) is 11.6. The molecule has 0 saturated carbocycles. The van der Waals surface area contributed by atoms with E-state index in [4.69, 9.17) is 0 Å². The fourth-order valence-corrected chi connectivity index (χ4v) is 2.80. The molecule has 3 aromatic heterocycles. The third-order valence-corrected chi connectivity index (χ3v) is 4.14. The average molecular weight is 274 g/mol. The molecule has 19 heavy (non-hydrogen) atoms. The van der Waals surface area contributed by atoms with E-state index in [1.165, 1.54) is 4.88 Å². The second-order valence-corrected chi connectivity index (χ2v) is 5.28. The minimum absolute atomic E-state index is 0.597. The van der Waals surface area contributed by atoms with Crippen LogP contribution in [0.3, 0.4) is 0 Å². The van der Waals surface area contributed by atoms with Crippen molar-refractivity contribution in [3.63, 3.8) is 0 Å². The molecule has 0 saturated heterocycles. The lowest BCUT2D eigenvalue weighted by Gasteiger charge is -2.05. The second kappa shape index (κ2) is 4.93. The van der Waals surface area contributed by atoms with E-state index in [0.29, 0.717) is 6.54 Å². The molecule has 3 rings (SSSR count). The van der Waals surface area contributed by atoms with Crippen LogP contribution < -0.4 is 5.32 Å². The SMILES string of the molecule is CCc1cc2c(NCc3ncnn3C)ncnc2s1. The number of thiophene rings is 1. The summed E-state index contributed by atoms with van der Waals surface area (Å²) >= 11 is 1.71. The monoisotopic (exact) mass is 274 g/mol. The standard InChI is InChI=1S/C12H14N6S/c1-3-8-4-9-11(15-6-16-12(9)19-8)13-5-10-14-7-17-18(10)2/h4,6-7H,3,5H2,1-2H3,(H,13,15,16). The van der Waals surface area contributed by atoms with Crippen molar-refractivity contribution in [2.24, 2.45) is 7.05 Å². The molecule has 3 heterocycles. The first-order valence-electron chi connectivity index (χ1n) is 6.08. The molecule has 0 aliphatic heterocycles. The Balaban J connectivity index is 1.88. The summed E-state index contributed by atoms with van der Waals surface area (Å²) in [5.41, 5.74) is 0. The van der Waals surface area contributed by atoms with Crippen molar-refractivity contribution in [3.05, 3.63) is 29.4 Å². The number of hydrogen-bond acceptors (Lipinski definition) is 6. The Morgan fingerprint density at radius 1 is 1.26 bits per heavy atom. The molecule has 0 bridgehead atoms. The van der Waals surface area contributed by atoms with Gasteiger partial charge in [-0.25, -0.2) is 15.0 Å². The minimum atomic E-state index is 0.597. The molecule has 7 heteroatoms. The van der Waals surface area contributed by atoms with Crippen LogP contribution in [0.5, 0.6) is 0 Å². The largest absolute Gasteiger partial charge is 0.362 e. The number of nitrogens with one attached hydrogen (secondary N) is 1. The normalized spacial score (nSPS) is 11.1. The molecule has 98 valence electrons. The molecule has 3 aromatic rings. The Bertz CT molecular complexity index is 701. The Labute approximate surface area is 114 Å². The van der Waals surface area contributed by atoms with Gasteiger partial charge in [-0.05, 0) is 12.5 Å². The van der Waals surface area contributed by atoms with Gasteiger partial charge in [-0.2, -0.15) is 5.10 Å². The number of rotatable bonds is 4. The van der Waals surface area contributed by atoms with Crippen LogP contribution in [0.25, 0.3) is 10.2 Å². The predicted molar refractivity (Wildman–Crippen MR) is 75.1 cm³/mol. The highest BCUT2D eigenvalue weighted by molar-refractivity contribution is 7.18. The summed E-state index contributed by atoms with van der Waals surface area (Å²) in [7, 11) is 1.87. The van der Waals surface area contributed by atoms with E-state index in [9.17, 15) is 0 Å². The lowest BCUT2D eigenvalue weighted by Crippen LogP contribution is -2.08. The van der Waals surface area contributed by atoms with E-state index in [1.54, 1.807) is 28.7 Å². The average Bonchev–Trinajstić information content (AvgIpc) is 3.02. The van der Waals surface area contributed by atoms with Crippen LogP contribution in [0, 0.1) is 0 Å². The van der Waals surface area contributed by atoms with Gasteiger partial charge in [0.05, 0.1) is 11.9 Å². The molecule has 6 nitrogen and oxygen atoms in total. The Kier molecular flexibility index (Phi) is 3.12. The van der Waals surface area contributed by atoms with Gasteiger partial charge < -0.3 is 5.32 Å². The fraction of sp³-hybridized carbons (Fsp3) is 0.333. The van der Waals surface area contributed by atoms with E-state index in [2.05, 4.69) is 38.4 Å². The number of fused-ring (bicyclic) bond motifs is 1. The fourth-order valence-electron chi connectivity index (χ4n) is 1.86. The maximum atomic E-state index is 4.31. The van der Waals surface area contributed by atoms with Crippen molar-refractivity contribution >= 4 is 27.4 Å². The summed E-state index contributed by atoms with van der Waals surface area (Å²) in [4.78, 5) is 15.1. The predicted octanol–water partition coefficient (Wildman–Crippen LogP) is 1.99. The molecule has 0 aromatic carbocycles. The first kappa shape index (κ1) is 12.0. The van der Waals surface area contributed by atoms with Crippen LogP contribution >= 0.6 is 11.3 Å². The molecule has 0 unspecified atom stereocenters. The highest BCUT2D eigenvalue weighted by Gasteiger charge is 2.08. The van der Waals surface area contributed by atoms with Gasteiger partial charge in [0, 0.05) is 11.9 Å². The zero-order valence-electron chi connectivity index (χ0n) is 10.8. The second-order valence-electron chi connectivity index (χ2n) is 4.16. The molecule has 0 fully saturated rings. The van der Waals surface area contributed by atoms with Crippen molar-refractivity contribution in [3.8, 4) is 0 Å². The van der Waals surface area contributed by atoms with Gasteiger partial charge in [-0.15, -0.1) is 11.3 Å². The summed E-state index contributed by atoms with van der Waals surface area (Å²) in [5, 5.41) is 8.42. The molecule has 0 atom stereocenters. The van der Waals surface area contributed by atoms with Gasteiger partial charge in [0.1, 0.15) is 29.1 Å². The highest BCUT2D eigenvalue weighted by Crippen LogP contribution is 2.28. The summed E-state index contributed by atoms with van der Waals surface area (Å²) < 4.78 is 1.75. The van der Waals surface area contributed by atoms with Crippen LogP contribution in [0.4, 0.5) is 5.82 Å². The number of nitrogens with zero attached hydrogens (tertiary/aromatic N) is 5. The van der Waals surface area contributed by atoms with Gasteiger partial charge in [-0.1, -0.05) is 6.92 Å². The number of aryl methyl sites for hydroxylation is 2. The van der Waals surface area contributed by atoms with E-state index in [1.807, 2.05) is 7.05 Å². The molecule has 0 aliphatic rings. The number of hydrogen-bond donors (Lipinski definition) is 1. The van der Waals surface area contributed by atoms with E-state index < -0.39 is 0 Å². The Morgan fingerprint density at radius 3 is 2.89 bits per heavy atom. The lowest BCUT2D eigenvalue weighted by atomic mass is 10.3. The van der Waals surface area contributed by atoms with Gasteiger partial charge in [0.15, 0.2) is 0 Å². The minimum Gasteiger partial charge on any atom is -0.362 e. The summed E-state index contributed by atoms with van der Waals surface area (Å²) in [6, 6.07) is 2.15. The number of aromatic nitrogens is 5. The van der Waals surface area contributed by atoms with Crippen molar-refractivity contribution < 1.29 is 0 Å². The smallest absolute Gasteiger partial charge is 0.145 e. The van der Waals surface area contributed by atoms with Crippen LogP contribution in [-0.4, -0.2) is 24.7 Å². The first-order chi connectivity index (χ1) is 9.28. The lowest BCUT2D eigenvalue weighted by molar-refractivity contribution is 0.711. The maximum absolute atomic E-state index is 4.31. The molecular formula is C12H14N6S. The molecule has 0 amide bonds. The highest BCUT2D eigenvalue weighted by atomic mass is 32.1. The molecule has 1 N–H and O–H groups in total. The van der Waals surface area contributed by atoms with Gasteiger partial charge in [0.25, 0.3) is 0 Å². The van der Waals surface area contributed by atoms with Crippen LogP contribution in [-0.2, 0) is 20.0 Å². The van der Waals surface area contributed by atoms with E-state index in [-0.39, 0.29) is 0 Å². The topological polar surface area (TPSA) is 68.5 Å². The molecule has 0 radical (unpaired) electrons. The van der Waals surface area contributed by atoms with Crippen LogP contribution in [0.15, 0.2) is 18.7 Å². The van der Waals surface area contributed by atoms with E-state index in [0.717, 1.165) is 28.3 Å². The Hall–Kier alpha value is -2.02. The number of anilines is 1. The van der Waals surface area contributed by atoms with Crippen molar-refractivity contribution in [1.29, 1.82) is 0 Å². The third kappa shape index (κ3) is 2.28. The summed E-state index contributed by atoms with van der Waals surface area (Å²) in [6.45, 7) is 2.74. The maximum Gasteiger partial charge on any atom is 0.145 e. The first-order valence-corrected chi connectivity index (χ1v) is 6.89. The van der Waals surface area contributed by atoms with Crippen LogP contribution in [0.1, 0.15) is 17.6 Å². The van der Waals surface area contributed by atoms with Gasteiger partial charge >= 0.3 is 0 Å². The molecule has 0 spiro atoms. The zero-order chi connectivity index (χ0) is 13.2. The Morgan fingerprint density at radius 2 is 2.16 bits per heavy atom. The van der Waals surface area contributed by atoms with Gasteiger partial charge in [0.2, 0.25) is 0 Å². The van der Waals surface area contributed by atoms with Gasteiger partial charge in [-0.3, -0.25) is 4.68 Å². The summed E-state index contributed by atoms with van der Waals surface area (Å²) in [6.07, 6.45) is 4.16. The quantitative estimate of drug-likeness (QED) is 0.788. The van der Waals surface area contributed by atoms with Crippen molar-refractivity contribution in [2.45, 2.75) is 19.9 Å². The summed E-state index contributed by atoms with van der Waals surface area (Å²) in [5.74, 6) is 1.72.